The molecule has 0 aliphatic rings. The molecule has 0 saturated carbocycles. The van der Waals surface area contributed by atoms with E-state index in [1.54, 1.807) is 0 Å². The van der Waals surface area contributed by atoms with Crippen LogP contribution in [-0.2, 0) is 9.59 Å². The van der Waals surface area contributed by atoms with Crippen molar-refractivity contribution in [2.24, 2.45) is 5.41 Å². The summed E-state index contributed by atoms with van der Waals surface area (Å²) in [6.45, 7) is 12.5. The fourth-order valence-corrected chi connectivity index (χ4v) is 2.41. The molecule has 2 nitrogen and oxygen atoms in total. The molecule has 0 spiro atoms. The van der Waals surface area contributed by atoms with Gasteiger partial charge < -0.3 is 9.59 Å². The molecule has 0 aliphatic heterocycles. The van der Waals surface area contributed by atoms with Gasteiger partial charge in [-0.2, -0.15) is 0 Å². The van der Waals surface area contributed by atoms with Crippen molar-refractivity contribution in [1.29, 1.82) is 0 Å². The molecule has 0 bridgehead atoms. The molecule has 0 radical (unpaired) electrons. The number of allylic oxidation sites excluding steroid dienone is 8. The number of carbonyl (C=O) groups is 2. The van der Waals surface area contributed by atoms with Gasteiger partial charge in [0.15, 0.2) is 0 Å². The van der Waals surface area contributed by atoms with Crippen LogP contribution < -0.4 is 0 Å². The van der Waals surface area contributed by atoms with E-state index >= 15 is 0 Å². The first-order valence-electron chi connectivity index (χ1n) is 9.25. The Morgan fingerprint density at radius 2 is 1.00 bits per heavy atom. The summed E-state index contributed by atoms with van der Waals surface area (Å²) in [6.07, 6.45) is 15.1. The molecule has 25 heavy (non-hydrogen) atoms. The third-order valence-corrected chi connectivity index (χ3v) is 4.31. The van der Waals surface area contributed by atoms with Crippen molar-refractivity contribution < 1.29 is 9.59 Å². The lowest BCUT2D eigenvalue weighted by molar-refractivity contribution is -0.125. The highest BCUT2D eigenvalue weighted by Crippen LogP contribution is 2.25. The first-order chi connectivity index (χ1) is 11.7. The van der Waals surface area contributed by atoms with Crippen molar-refractivity contribution in [3.63, 3.8) is 0 Å². The molecule has 0 fully saturated rings. The summed E-state index contributed by atoms with van der Waals surface area (Å²) in [5, 5.41) is 0. The Bertz CT molecular complexity index is 486. The van der Waals surface area contributed by atoms with E-state index < -0.39 is 5.41 Å². The standard InChI is InChI=1S/C23H36O2/c1-19(2)9-7-11-21(5)13-15-23(17-24,18-25)16-14-22(6)12-8-10-20(3)4/h9-10,13-14,17-18H,7-8,11-12,15-16H2,1-6H3/b21-13+,22-14+. The number of carbonyl (C=O) groups excluding carboxylic acids is 2. The lowest BCUT2D eigenvalue weighted by atomic mass is 9.82. The summed E-state index contributed by atoms with van der Waals surface area (Å²) in [5.41, 5.74) is 4.17. The highest BCUT2D eigenvalue weighted by atomic mass is 16.1. The van der Waals surface area contributed by atoms with Crippen LogP contribution in [0.3, 0.4) is 0 Å². The maximum absolute atomic E-state index is 11.6. The Morgan fingerprint density at radius 3 is 1.28 bits per heavy atom. The Hall–Kier alpha value is -1.70. The summed E-state index contributed by atoms with van der Waals surface area (Å²) < 4.78 is 0. The topological polar surface area (TPSA) is 34.1 Å². The van der Waals surface area contributed by atoms with Crippen molar-refractivity contribution in [2.75, 3.05) is 0 Å². The highest BCUT2D eigenvalue weighted by molar-refractivity contribution is 5.84. The van der Waals surface area contributed by atoms with Gasteiger partial charge in [0.2, 0.25) is 0 Å². The van der Waals surface area contributed by atoms with Crippen LogP contribution in [0.1, 0.15) is 80.1 Å². The predicted molar refractivity (Wildman–Crippen MR) is 109 cm³/mol. The average Bonchev–Trinajstić information content (AvgIpc) is 2.55. The molecule has 140 valence electrons. The summed E-state index contributed by atoms with van der Waals surface area (Å²) in [6, 6.07) is 0. The molecule has 0 rings (SSSR count). The number of rotatable bonds is 12. The van der Waals surface area contributed by atoms with E-state index in [-0.39, 0.29) is 0 Å². The van der Waals surface area contributed by atoms with Gasteiger partial charge in [-0.15, -0.1) is 0 Å². The van der Waals surface area contributed by atoms with Crippen LogP contribution in [0.2, 0.25) is 0 Å². The quantitative estimate of drug-likeness (QED) is 0.229. The number of aldehydes is 2. The van der Waals surface area contributed by atoms with Gasteiger partial charge in [-0.1, -0.05) is 46.6 Å². The molecule has 0 amide bonds. The Balaban J connectivity index is 4.77. The SMILES string of the molecule is CC(C)=CCC/C(C)=C/CC(C=O)(C=O)C/C=C(\C)CCC=C(C)C. The molecule has 0 aromatic carbocycles. The van der Waals surface area contributed by atoms with E-state index in [1.807, 2.05) is 12.2 Å². The maximum atomic E-state index is 11.6. The van der Waals surface area contributed by atoms with Crippen molar-refractivity contribution in [3.05, 3.63) is 46.6 Å². The van der Waals surface area contributed by atoms with Crippen molar-refractivity contribution in [2.45, 2.75) is 80.1 Å². The molecule has 0 aliphatic carbocycles. The molecule has 0 aromatic heterocycles. The molecule has 0 saturated heterocycles. The van der Waals surface area contributed by atoms with Gasteiger partial charge in [0.25, 0.3) is 0 Å². The summed E-state index contributed by atoms with van der Waals surface area (Å²) in [7, 11) is 0. The molecular formula is C23H36O2. The minimum Gasteiger partial charge on any atom is -0.302 e. The molecular weight excluding hydrogens is 308 g/mol. The molecule has 0 unspecified atom stereocenters. The number of hydrogen-bond donors (Lipinski definition) is 0. The van der Waals surface area contributed by atoms with Crippen LogP contribution in [0.5, 0.6) is 0 Å². The van der Waals surface area contributed by atoms with Gasteiger partial charge in [0.05, 0.1) is 5.41 Å². The van der Waals surface area contributed by atoms with Crippen molar-refractivity contribution in [1.82, 2.24) is 0 Å². The van der Waals surface area contributed by atoms with Crippen LogP contribution in [-0.4, -0.2) is 12.6 Å². The smallest absolute Gasteiger partial charge is 0.133 e. The molecule has 0 atom stereocenters. The van der Waals surface area contributed by atoms with Crippen LogP contribution in [0, 0.1) is 5.41 Å². The van der Waals surface area contributed by atoms with Gasteiger partial charge in [0, 0.05) is 0 Å². The Labute approximate surface area is 154 Å². The summed E-state index contributed by atoms with van der Waals surface area (Å²) >= 11 is 0. The third kappa shape index (κ3) is 11.5. The molecule has 0 aromatic rings. The van der Waals surface area contributed by atoms with Crippen LogP contribution in [0.15, 0.2) is 46.6 Å². The van der Waals surface area contributed by atoms with Gasteiger partial charge in [-0.3, -0.25) is 0 Å². The Morgan fingerprint density at radius 1 is 0.640 bits per heavy atom. The predicted octanol–water partition coefficient (Wildman–Crippen LogP) is 6.54. The zero-order chi connectivity index (χ0) is 19.3. The van der Waals surface area contributed by atoms with E-state index in [0.717, 1.165) is 38.3 Å². The number of hydrogen-bond acceptors (Lipinski definition) is 2. The van der Waals surface area contributed by atoms with E-state index in [4.69, 9.17) is 0 Å². The summed E-state index contributed by atoms with van der Waals surface area (Å²) in [5.74, 6) is 0. The molecule has 0 heterocycles. The van der Waals surface area contributed by atoms with Crippen molar-refractivity contribution >= 4 is 12.6 Å². The van der Waals surface area contributed by atoms with E-state index in [0.29, 0.717) is 12.8 Å². The average molecular weight is 345 g/mol. The van der Waals surface area contributed by atoms with Crippen LogP contribution in [0.25, 0.3) is 0 Å². The fourth-order valence-electron chi connectivity index (χ4n) is 2.41. The first-order valence-corrected chi connectivity index (χ1v) is 9.25. The largest absolute Gasteiger partial charge is 0.302 e. The fraction of sp³-hybridized carbons (Fsp3) is 0.565. The zero-order valence-electron chi connectivity index (χ0n) is 17.0. The van der Waals surface area contributed by atoms with E-state index in [1.165, 1.54) is 22.3 Å². The van der Waals surface area contributed by atoms with Gasteiger partial charge in [-0.05, 0) is 80.1 Å². The monoisotopic (exact) mass is 344 g/mol. The van der Waals surface area contributed by atoms with Crippen LogP contribution >= 0.6 is 0 Å². The van der Waals surface area contributed by atoms with Gasteiger partial charge in [0.1, 0.15) is 12.6 Å². The van der Waals surface area contributed by atoms with Crippen molar-refractivity contribution in [3.8, 4) is 0 Å². The van der Waals surface area contributed by atoms with Gasteiger partial charge in [-0.25, -0.2) is 0 Å². The van der Waals surface area contributed by atoms with E-state index in [2.05, 4.69) is 53.7 Å². The molecule has 2 heteroatoms. The second kappa shape index (κ2) is 12.6. The maximum Gasteiger partial charge on any atom is 0.133 e. The highest BCUT2D eigenvalue weighted by Gasteiger charge is 2.26. The molecule has 0 N–H and O–H groups in total. The third-order valence-electron chi connectivity index (χ3n) is 4.31. The normalized spacial score (nSPS) is 12.6. The van der Waals surface area contributed by atoms with Crippen LogP contribution in [0.4, 0.5) is 0 Å². The second-order valence-corrected chi connectivity index (χ2v) is 7.62. The second-order valence-electron chi connectivity index (χ2n) is 7.62. The lowest BCUT2D eigenvalue weighted by Gasteiger charge is -2.18. The lowest BCUT2D eigenvalue weighted by Crippen LogP contribution is -2.23. The summed E-state index contributed by atoms with van der Waals surface area (Å²) in [4.78, 5) is 23.2. The van der Waals surface area contributed by atoms with E-state index in [9.17, 15) is 9.59 Å². The first kappa shape index (κ1) is 23.3. The zero-order valence-corrected chi connectivity index (χ0v) is 17.0. The van der Waals surface area contributed by atoms with Gasteiger partial charge >= 0.3 is 0 Å². The minimum atomic E-state index is -0.921. The minimum absolute atomic E-state index is 0.485. The Kier molecular flexibility index (Phi) is 11.8.